The average molecular weight is 611 g/mol. The third kappa shape index (κ3) is 8.76. The van der Waals surface area contributed by atoms with Crippen LogP contribution in [-0.2, 0) is 0 Å². The molecule has 230 valence electrons. The number of nitro groups is 1. The number of ether oxygens (including phenoxy) is 2. The lowest BCUT2D eigenvalue weighted by Gasteiger charge is -2.20. The molecule has 5 aromatic carbocycles. The van der Waals surface area contributed by atoms with Crippen LogP contribution in [0.1, 0.15) is 22.3 Å². The quantitative estimate of drug-likeness (QED) is 0.0573. The largest absolute Gasteiger partial charge is 0.496 e. The molecule has 0 aliphatic rings. The van der Waals surface area contributed by atoms with Crippen LogP contribution in [-0.4, -0.2) is 32.2 Å². The average Bonchev–Trinajstić information content (AvgIpc) is 3.10. The molecule has 0 heterocycles. The lowest BCUT2D eigenvalue weighted by molar-refractivity contribution is -0.384. The van der Waals surface area contributed by atoms with Gasteiger partial charge in [-0.15, -0.1) is 0 Å². The summed E-state index contributed by atoms with van der Waals surface area (Å²) in [5, 5.41) is 19.3. The number of anilines is 1. The zero-order chi connectivity index (χ0) is 32.1. The summed E-state index contributed by atoms with van der Waals surface area (Å²) >= 11 is 0. The summed E-state index contributed by atoms with van der Waals surface area (Å²) in [5.41, 5.74) is 6.27. The van der Waals surface area contributed by atoms with Crippen molar-refractivity contribution in [2.75, 3.05) is 32.2 Å². The maximum Gasteiger partial charge on any atom is 0.269 e. The Labute approximate surface area is 268 Å². The fraction of sp³-hybridized carbons (Fsp3) is 0.105. The first-order valence-corrected chi connectivity index (χ1v) is 14.8. The van der Waals surface area contributed by atoms with Gasteiger partial charge in [-0.2, -0.15) is 10.2 Å². The highest BCUT2D eigenvalue weighted by atomic mass is 16.6. The van der Waals surface area contributed by atoms with Crippen LogP contribution in [0.3, 0.4) is 0 Å². The third-order valence-corrected chi connectivity index (χ3v) is 7.19. The molecule has 8 nitrogen and oxygen atoms in total. The predicted molar refractivity (Wildman–Crippen MR) is 186 cm³/mol. The van der Waals surface area contributed by atoms with E-state index < -0.39 is 4.92 Å². The number of hydrogen-bond donors (Lipinski definition) is 0. The first-order chi connectivity index (χ1) is 22.5. The number of nitro benzene ring substituents is 1. The van der Waals surface area contributed by atoms with Gasteiger partial charge in [0.15, 0.2) is 0 Å². The van der Waals surface area contributed by atoms with Gasteiger partial charge in [-0.25, -0.2) is 0 Å². The van der Waals surface area contributed by atoms with Crippen molar-refractivity contribution in [2.45, 2.75) is 0 Å². The second-order valence-electron chi connectivity index (χ2n) is 10.4. The molecule has 0 amide bonds. The molecule has 0 radical (unpaired) electrons. The lowest BCUT2D eigenvalue weighted by atomic mass is 10.1. The highest BCUT2D eigenvalue weighted by molar-refractivity contribution is 5.79. The minimum atomic E-state index is -0.442. The van der Waals surface area contributed by atoms with E-state index in [0.717, 1.165) is 39.4 Å². The number of methoxy groups -OCH3 is 1. The molecule has 0 aliphatic carbocycles. The topological polar surface area (TPSA) is 89.6 Å². The van der Waals surface area contributed by atoms with Crippen LogP contribution in [0.25, 0.3) is 24.3 Å². The molecule has 0 fully saturated rings. The van der Waals surface area contributed by atoms with Crippen molar-refractivity contribution in [3.05, 3.63) is 154 Å². The predicted octanol–water partition coefficient (Wildman–Crippen LogP) is 9.87. The van der Waals surface area contributed by atoms with Crippen LogP contribution in [0.4, 0.5) is 22.7 Å². The van der Waals surface area contributed by atoms with Crippen LogP contribution in [0.2, 0.25) is 0 Å². The van der Waals surface area contributed by atoms with Crippen molar-refractivity contribution in [3.8, 4) is 11.5 Å². The van der Waals surface area contributed by atoms with E-state index >= 15 is 0 Å². The van der Waals surface area contributed by atoms with E-state index in [1.165, 1.54) is 12.1 Å². The second kappa shape index (κ2) is 15.6. The summed E-state index contributed by atoms with van der Waals surface area (Å²) in [7, 11) is 3.69. The van der Waals surface area contributed by atoms with Crippen molar-refractivity contribution in [1.82, 2.24) is 0 Å². The summed E-state index contributed by atoms with van der Waals surface area (Å²) in [6, 6.07) is 38.0. The fourth-order valence-corrected chi connectivity index (χ4v) is 4.61. The minimum absolute atomic E-state index is 0.0162. The van der Waals surface area contributed by atoms with Crippen molar-refractivity contribution in [3.63, 3.8) is 0 Å². The van der Waals surface area contributed by atoms with E-state index in [0.29, 0.717) is 24.5 Å². The number of benzene rings is 5. The van der Waals surface area contributed by atoms with Crippen LogP contribution in [0, 0.1) is 10.1 Å². The summed E-state index contributed by atoms with van der Waals surface area (Å²) in [6.07, 6.45) is 8.21. The monoisotopic (exact) mass is 610 g/mol. The molecular weight excluding hydrogens is 576 g/mol. The smallest absolute Gasteiger partial charge is 0.269 e. The van der Waals surface area contributed by atoms with Gasteiger partial charge < -0.3 is 14.4 Å². The van der Waals surface area contributed by atoms with Gasteiger partial charge in [0.05, 0.1) is 30.0 Å². The summed E-state index contributed by atoms with van der Waals surface area (Å²) < 4.78 is 12.1. The Balaban J connectivity index is 1.27. The van der Waals surface area contributed by atoms with Crippen molar-refractivity contribution >= 4 is 47.1 Å². The maximum atomic E-state index is 10.8. The highest BCUT2D eigenvalue weighted by Gasteiger charge is 2.10. The van der Waals surface area contributed by atoms with Crippen LogP contribution in [0.5, 0.6) is 11.5 Å². The van der Waals surface area contributed by atoms with Crippen LogP contribution < -0.4 is 14.4 Å². The first kappa shape index (κ1) is 31.4. The molecule has 0 N–H and O–H groups in total. The highest BCUT2D eigenvalue weighted by Crippen LogP contribution is 2.32. The van der Waals surface area contributed by atoms with Gasteiger partial charge in [0, 0.05) is 36.0 Å². The molecule has 46 heavy (non-hydrogen) atoms. The summed E-state index contributed by atoms with van der Waals surface area (Å²) in [5.74, 6) is 1.52. The third-order valence-electron chi connectivity index (χ3n) is 7.19. The zero-order valence-electron chi connectivity index (χ0n) is 25.7. The number of rotatable bonds is 13. The summed E-state index contributed by atoms with van der Waals surface area (Å²) in [4.78, 5) is 12.5. The molecule has 8 heteroatoms. The molecule has 0 atom stereocenters. The molecule has 0 saturated heterocycles. The van der Waals surface area contributed by atoms with E-state index in [9.17, 15) is 10.1 Å². The molecule has 5 rings (SSSR count). The number of azo groups is 1. The first-order valence-electron chi connectivity index (χ1n) is 14.8. The maximum absolute atomic E-state index is 10.8. The van der Waals surface area contributed by atoms with Crippen molar-refractivity contribution < 1.29 is 14.4 Å². The molecular formula is C38H34N4O4. The van der Waals surface area contributed by atoms with Gasteiger partial charge in [0.1, 0.15) is 18.1 Å². The Morgan fingerprint density at radius 1 is 0.696 bits per heavy atom. The Morgan fingerprint density at radius 2 is 1.20 bits per heavy atom. The van der Waals surface area contributed by atoms with E-state index in [2.05, 4.69) is 51.5 Å². The fourth-order valence-electron chi connectivity index (χ4n) is 4.61. The Bertz CT molecular complexity index is 1820. The zero-order valence-corrected chi connectivity index (χ0v) is 25.7. The molecule has 0 aromatic heterocycles. The van der Waals surface area contributed by atoms with Crippen molar-refractivity contribution in [1.29, 1.82) is 0 Å². The molecule has 5 aromatic rings. The lowest BCUT2D eigenvalue weighted by Crippen LogP contribution is -2.23. The Kier molecular flexibility index (Phi) is 10.7. The van der Waals surface area contributed by atoms with Crippen LogP contribution in [0.15, 0.2) is 132 Å². The number of nitrogens with zero attached hydrogens (tertiary/aromatic N) is 4. The van der Waals surface area contributed by atoms with Gasteiger partial charge in [-0.05, 0) is 59.7 Å². The number of non-ortho nitro benzene ring substituents is 1. The minimum Gasteiger partial charge on any atom is -0.496 e. The summed E-state index contributed by atoms with van der Waals surface area (Å²) in [6.45, 7) is 1.10. The Hall–Kier alpha value is -6.02. The van der Waals surface area contributed by atoms with E-state index in [1.54, 1.807) is 19.2 Å². The van der Waals surface area contributed by atoms with E-state index in [4.69, 9.17) is 9.47 Å². The van der Waals surface area contributed by atoms with Gasteiger partial charge in [0.2, 0.25) is 0 Å². The van der Waals surface area contributed by atoms with Crippen molar-refractivity contribution in [2.24, 2.45) is 10.2 Å². The normalized spacial score (nSPS) is 11.3. The number of hydrogen-bond acceptors (Lipinski definition) is 7. The standard InChI is InChI=1S/C38H34N4O4/c1-41(35-21-17-33(18-22-35)39-40-34-19-23-36(24-20-34)42(43)44)25-26-46-38-28-31(15-13-29-9-5-3-6-10-29)37(45-2)27-32(38)16-14-30-11-7-4-8-12-30/h3-24,27-28H,25-26H2,1-2H3/b15-13+,16-14+,40-39?. The van der Waals surface area contributed by atoms with Gasteiger partial charge in [-0.1, -0.05) is 85.0 Å². The second-order valence-corrected chi connectivity index (χ2v) is 10.4. The van der Waals surface area contributed by atoms with Gasteiger partial charge in [0.25, 0.3) is 5.69 Å². The molecule has 0 spiro atoms. The molecule has 0 unspecified atom stereocenters. The van der Waals surface area contributed by atoms with E-state index in [1.807, 2.05) is 92.0 Å². The van der Waals surface area contributed by atoms with E-state index in [-0.39, 0.29) is 5.69 Å². The molecule has 0 aliphatic heterocycles. The number of likely N-dealkylation sites (N-methyl/N-ethyl adjacent to an activating group) is 1. The SMILES string of the molecule is COc1cc(/C=C/c2ccccc2)c(OCCN(C)c2ccc(N=Nc3ccc([N+](=O)[O-])cc3)cc2)cc1/C=C/c1ccccc1. The van der Waals surface area contributed by atoms with Gasteiger partial charge in [-0.3, -0.25) is 10.1 Å². The molecule has 0 saturated carbocycles. The Morgan fingerprint density at radius 3 is 1.72 bits per heavy atom. The van der Waals surface area contributed by atoms with Crippen LogP contribution >= 0.6 is 0 Å². The molecule has 0 bridgehead atoms. The van der Waals surface area contributed by atoms with Gasteiger partial charge >= 0.3 is 0 Å².